The van der Waals surface area contributed by atoms with E-state index in [1.54, 1.807) is 0 Å². The summed E-state index contributed by atoms with van der Waals surface area (Å²) in [6.45, 7) is 10.00. The highest BCUT2D eigenvalue weighted by molar-refractivity contribution is 7.91. The molecule has 0 aliphatic carbocycles. The highest BCUT2D eigenvalue weighted by atomic mass is 35.5. The van der Waals surface area contributed by atoms with Crippen molar-refractivity contribution in [1.29, 1.82) is 0 Å². The van der Waals surface area contributed by atoms with Crippen LogP contribution in [0.3, 0.4) is 0 Å². The maximum absolute atomic E-state index is 13.0. The average Bonchev–Trinajstić information content (AvgIpc) is 2.80. The number of sulfone groups is 1. The van der Waals surface area contributed by atoms with Crippen LogP contribution in [-0.4, -0.2) is 46.8 Å². The second-order valence-corrected chi connectivity index (χ2v) is 9.98. The lowest BCUT2D eigenvalue weighted by Gasteiger charge is -2.12. The van der Waals surface area contributed by atoms with Crippen molar-refractivity contribution in [2.24, 2.45) is 0 Å². The third-order valence-electron chi connectivity index (χ3n) is 4.27. The molecule has 0 N–H and O–H groups in total. The Bertz CT molecular complexity index is 1150. The fourth-order valence-corrected chi connectivity index (χ4v) is 4.40. The number of halogens is 2. The smallest absolute Gasteiger partial charge is 0.333 e. The molecular formula is C24H24Cl2O8S. The molecule has 0 aromatic heterocycles. The van der Waals surface area contributed by atoms with Crippen molar-refractivity contribution in [1.82, 2.24) is 0 Å². The van der Waals surface area contributed by atoms with Crippen molar-refractivity contribution in [2.75, 3.05) is 26.4 Å². The van der Waals surface area contributed by atoms with Gasteiger partial charge in [-0.3, -0.25) is 0 Å². The van der Waals surface area contributed by atoms with Gasteiger partial charge in [-0.2, -0.15) is 0 Å². The maximum atomic E-state index is 13.0. The van der Waals surface area contributed by atoms with Crippen LogP contribution in [0.15, 0.2) is 70.5 Å². The van der Waals surface area contributed by atoms with Crippen LogP contribution in [0.1, 0.15) is 13.8 Å². The van der Waals surface area contributed by atoms with Gasteiger partial charge in [-0.1, -0.05) is 36.4 Å². The van der Waals surface area contributed by atoms with Gasteiger partial charge in [0.05, 0.1) is 19.8 Å². The molecule has 0 radical (unpaired) electrons. The number of benzene rings is 2. The number of carbonyl (C=O) groups excluding carboxylic acids is 2. The Labute approximate surface area is 213 Å². The molecule has 2 aromatic carbocycles. The lowest BCUT2D eigenvalue weighted by molar-refractivity contribution is -0.140. The summed E-state index contributed by atoms with van der Waals surface area (Å²) in [6, 6.07) is 7.98. The van der Waals surface area contributed by atoms with Crippen molar-refractivity contribution in [3.05, 3.63) is 70.7 Å². The quantitative estimate of drug-likeness (QED) is 0.213. The molecule has 11 heteroatoms. The predicted octanol–water partition coefficient (Wildman–Crippen LogP) is 4.82. The number of rotatable bonds is 12. The molecule has 2 rings (SSSR count). The molecule has 188 valence electrons. The van der Waals surface area contributed by atoms with E-state index in [2.05, 4.69) is 13.2 Å². The molecule has 0 atom stereocenters. The molecule has 8 nitrogen and oxygen atoms in total. The van der Waals surface area contributed by atoms with Gasteiger partial charge in [0.25, 0.3) is 0 Å². The molecule has 0 fully saturated rings. The van der Waals surface area contributed by atoms with Crippen molar-refractivity contribution in [2.45, 2.75) is 23.6 Å². The monoisotopic (exact) mass is 542 g/mol. The van der Waals surface area contributed by atoms with Crippen LogP contribution >= 0.6 is 23.2 Å². The molecular weight excluding hydrogens is 519 g/mol. The van der Waals surface area contributed by atoms with Crippen LogP contribution in [0.5, 0.6) is 11.5 Å². The minimum absolute atomic E-state index is 0.0221. The van der Waals surface area contributed by atoms with Crippen LogP contribution in [0.4, 0.5) is 0 Å². The van der Waals surface area contributed by atoms with E-state index < -0.39 is 21.8 Å². The Hall–Kier alpha value is -3.01. The van der Waals surface area contributed by atoms with E-state index >= 15 is 0 Å². The van der Waals surface area contributed by atoms with E-state index in [4.69, 9.17) is 42.1 Å². The number of ether oxygens (including phenoxy) is 4. The summed E-state index contributed by atoms with van der Waals surface area (Å²) in [5.74, 6) is -0.623. The number of esters is 2. The standard InChI is InChI=1S/C24H24Cl2O8S/c1-15(2)23(27)33-11-9-31-21-7-5-17(13-19(21)25)35(29,30)18-6-8-22(20(26)14-18)32-10-12-34-24(28)16(3)4/h5-8,13-14H,1,3,9-12H2,2,4H3. The Morgan fingerprint density at radius 3 is 1.43 bits per heavy atom. The molecule has 0 bridgehead atoms. The first-order chi connectivity index (χ1) is 16.4. The van der Waals surface area contributed by atoms with Gasteiger partial charge >= 0.3 is 11.9 Å². The summed E-state index contributed by atoms with van der Waals surface area (Å²) in [5, 5.41) is 0.125. The largest absolute Gasteiger partial charge is 0.488 e. The lowest BCUT2D eigenvalue weighted by Crippen LogP contribution is -2.13. The van der Waals surface area contributed by atoms with Gasteiger partial charge < -0.3 is 18.9 Å². The van der Waals surface area contributed by atoms with Crippen molar-refractivity contribution in [3.8, 4) is 11.5 Å². The van der Waals surface area contributed by atoms with E-state index in [0.29, 0.717) is 0 Å². The first-order valence-electron chi connectivity index (χ1n) is 10.2. The minimum Gasteiger partial charge on any atom is -0.488 e. The van der Waals surface area contributed by atoms with Gasteiger partial charge in [-0.25, -0.2) is 18.0 Å². The molecule has 0 aliphatic heterocycles. The van der Waals surface area contributed by atoms with E-state index in [9.17, 15) is 18.0 Å². The average molecular weight is 543 g/mol. The van der Waals surface area contributed by atoms with E-state index in [0.717, 1.165) is 0 Å². The van der Waals surface area contributed by atoms with E-state index in [-0.39, 0.29) is 68.9 Å². The fourth-order valence-electron chi connectivity index (χ4n) is 2.49. The molecule has 35 heavy (non-hydrogen) atoms. The van der Waals surface area contributed by atoms with Crippen LogP contribution in [0, 0.1) is 0 Å². The number of hydrogen-bond donors (Lipinski definition) is 0. The highest BCUT2D eigenvalue weighted by Gasteiger charge is 2.21. The van der Waals surface area contributed by atoms with Gasteiger partial charge in [-0.05, 0) is 50.2 Å². The summed E-state index contributed by atoms with van der Waals surface area (Å²) in [7, 11) is -3.95. The molecule has 0 saturated heterocycles. The molecule has 2 aromatic rings. The van der Waals surface area contributed by atoms with Crippen molar-refractivity contribution < 1.29 is 37.0 Å². The second kappa shape index (κ2) is 12.6. The molecule has 0 unspecified atom stereocenters. The van der Waals surface area contributed by atoms with Crippen LogP contribution < -0.4 is 9.47 Å². The zero-order chi connectivity index (χ0) is 26.2. The SMILES string of the molecule is C=C(C)C(=O)OCCOc1ccc(S(=O)(=O)c2ccc(OCCOC(=O)C(=C)C)c(Cl)c2)cc1Cl. The van der Waals surface area contributed by atoms with Gasteiger partial charge in [0.2, 0.25) is 9.84 Å². The van der Waals surface area contributed by atoms with Crippen molar-refractivity contribution >= 4 is 45.0 Å². The van der Waals surface area contributed by atoms with Crippen LogP contribution in [-0.2, 0) is 28.9 Å². The summed E-state index contributed by atoms with van der Waals surface area (Å²) < 4.78 is 46.8. The van der Waals surface area contributed by atoms with E-state index in [1.165, 1.54) is 50.2 Å². The van der Waals surface area contributed by atoms with Gasteiger partial charge in [0.1, 0.15) is 37.9 Å². The van der Waals surface area contributed by atoms with Gasteiger partial charge in [-0.15, -0.1) is 0 Å². The Morgan fingerprint density at radius 2 is 1.11 bits per heavy atom. The normalized spacial score (nSPS) is 10.9. The van der Waals surface area contributed by atoms with Gasteiger partial charge in [0.15, 0.2) is 0 Å². The van der Waals surface area contributed by atoms with Crippen LogP contribution in [0.25, 0.3) is 0 Å². The molecule has 0 spiro atoms. The third-order valence-corrected chi connectivity index (χ3v) is 6.61. The summed E-state index contributed by atoms with van der Waals surface area (Å²) in [5.41, 5.74) is 0.530. The van der Waals surface area contributed by atoms with Crippen LogP contribution in [0.2, 0.25) is 10.0 Å². The third kappa shape index (κ3) is 8.02. The predicted molar refractivity (Wildman–Crippen MR) is 131 cm³/mol. The molecule has 0 amide bonds. The fraction of sp³-hybridized carbons (Fsp3) is 0.250. The first kappa shape index (κ1) is 28.2. The molecule has 0 aliphatic rings. The Kier molecular flexibility index (Phi) is 10.2. The summed E-state index contributed by atoms with van der Waals surface area (Å²) >= 11 is 12.4. The van der Waals surface area contributed by atoms with Crippen molar-refractivity contribution in [3.63, 3.8) is 0 Å². The second-order valence-electron chi connectivity index (χ2n) is 7.22. The zero-order valence-corrected chi connectivity index (χ0v) is 21.5. The topological polar surface area (TPSA) is 105 Å². The first-order valence-corrected chi connectivity index (χ1v) is 12.4. The lowest BCUT2D eigenvalue weighted by atomic mass is 10.3. The highest BCUT2D eigenvalue weighted by Crippen LogP contribution is 2.33. The molecule has 0 saturated carbocycles. The van der Waals surface area contributed by atoms with Gasteiger partial charge in [0, 0.05) is 11.1 Å². The molecule has 0 heterocycles. The Balaban J connectivity index is 2.03. The number of hydrogen-bond acceptors (Lipinski definition) is 8. The summed E-state index contributed by atoms with van der Waals surface area (Å²) in [6.07, 6.45) is 0. The Morgan fingerprint density at radius 1 is 0.743 bits per heavy atom. The minimum atomic E-state index is -3.95. The maximum Gasteiger partial charge on any atom is 0.333 e. The van der Waals surface area contributed by atoms with E-state index in [1.807, 2.05) is 0 Å². The zero-order valence-electron chi connectivity index (χ0n) is 19.1. The summed E-state index contributed by atoms with van der Waals surface area (Å²) in [4.78, 5) is 22.6. The number of carbonyl (C=O) groups is 2.